The number of aromatic nitrogens is 1. The molecule has 2 unspecified atom stereocenters. The first-order valence-electron chi connectivity index (χ1n) is 6.62. The molecule has 2 heterocycles. The molecule has 5 heteroatoms. The van der Waals surface area contributed by atoms with Crippen molar-refractivity contribution in [1.29, 1.82) is 0 Å². The number of para-hydroxylation sites is 1. The van der Waals surface area contributed by atoms with Gasteiger partial charge in [0.05, 0.1) is 11.2 Å². The first-order valence-corrected chi connectivity index (χ1v) is 7.41. The Morgan fingerprint density at radius 2 is 2.35 bits per heavy atom. The number of hydrogen-bond donors (Lipinski definition) is 1. The van der Waals surface area contributed by atoms with Gasteiger partial charge in [-0.05, 0) is 40.4 Å². The molecular weight excluding hydrogens is 320 g/mol. The molecule has 1 aliphatic heterocycles. The number of pyridine rings is 1. The minimum atomic E-state index is -0.360. The monoisotopic (exact) mass is 334 g/mol. The summed E-state index contributed by atoms with van der Waals surface area (Å²) in [4.78, 5) is 16.6. The van der Waals surface area contributed by atoms with Crippen molar-refractivity contribution in [2.45, 2.75) is 19.4 Å². The molecule has 0 aliphatic carbocycles. The molecule has 0 spiro atoms. The quantitative estimate of drug-likeness (QED) is 0.916. The van der Waals surface area contributed by atoms with E-state index in [0.29, 0.717) is 6.61 Å². The number of anilines is 1. The van der Waals surface area contributed by atoms with Crippen LogP contribution in [-0.2, 0) is 9.53 Å². The second-order valence-corrected chi connectivity index (χ2v) is 5.99. The Balaban J connectivity index is 1.89. The summed E-state index contributed by atoms with van der Waals surface area (Å²) in [5.41, 5.74) is 1.51. The van der Waals surface area contributed by atoms with Gasteiger partial charge >= 0.3 is 0 Å². The molecule has 1 fully saturated rings. The Kier molecular flexibility index (Phi) is 3.72. The highest BCUT2D eigenvalue weighted by atomic mass is 79.9. The van der Waals surface area contributed by atoms with Gasteiger partial charge in [-0.1, -0.05) is 19.1 Å². The number of fused-ring (bicyclic) bond motifs is 1. The molecule has 2 aromatic rings. The van der Waals surface area contributed by atoms with Crippen LogP contribution in [0.15, 0.2) is 34.9 Å². The Bertz CT molecular complexity index is 659. The molecule has 0 bridgehead atoms. The van der Waals surface area contributed by atoms with Gasteiger partial charge in [-0.25, -0.2) is 0 Å². The first kappa shape index (κ1) is 13.5. The van der Waals surface area contributed by atoms with E-state index >= 15 is 0 Å². The van der Waals surface area contributed by atoms with Crippen LogP contribution in [0.5, 0.6) is 0 Å². The van der Waals surface area contributed by atoms with Gasteiger partial charge in [0.15, 0.2) is 0 Å². The summed E-state index contributed by atoms with van der Waals surface area (Å²) in [6.45, 7) is 2.69. The van der Waals surface area contributed by atoms with E-state index < -0.39 is 0 Å². The smallest absolute Gasteiger partial charge is 0.253 e. The van der Waals surface area contributed by atoms with Crippen LogP contribution < -0.4 is 5.32 Å². The van der Waals surface area contributed by atoms with E-state index in [9.17, 15) is 4.79 Å². The van der Waals surface area contributed by atoms with Crippen LogP contribution in [-0.4, -0.2) is 23.6 Å². The van der Waals surface area contributed by atoms with E-state index in [-0.39, 0.29) is 17.9 Å². The number of amides is 1. The number of nitrogens with one attached hydrogen (secondary N) is 1. The Morgan fingerprint density at radius 1 is 1.50 bits per heavy atom. The molecule has 3 rings (SSSR count). The predicted octanol–water partition coefficient (Wildman–Crippen LogP) is 3.36. The third-order valence-electron chi connectivity index (χ3n) is 3.58. The lowest BCUT2D eigenvalue weighted by molar-refractivity contribution is -0.126. The van der Waals surface area contributed by atoms with Gasteiger partial charge in [0.25, 0.3) is 5.91 Å². The van der Waals surface area contributed by atoms with Crippen molar-refractivity contribution in [1.82, 2.24) is 4.98 Å². The Labute approximate surface area is 125 Å². The number of ether oxygens (including phenoxy) is 1. The third kappa shape index (κ3) is 2.55. The van der Waals surface area contributed by atoms with E-state index in [2.05, 4.69) is 26.2 Å². The van der Waals surface area contributed by atoms with Crippen LogP contribution in [0.4, 0.5) is 5.69 Å². The summed E-state index contributed by atoms with van der Waals surface area (Å²) in [6.07, 6.45) is 2.30. The minimum Gasteiger partial charge on any atom is -0.368 e. The molecule has 0 saturated carbocycles. The topological polar surface area (TPSA) is 51.2 Å². The van der Waals surface area contributed by atoms with Gasteiger partial charge in [-0.2, -0.15) is 0 Å². The molecule has 0 radical (unpaired) electrons. The normalized spacial score (nSPS) is 22.1. The van der Waals surface area contributed by atoms with Crippen molar-refractivity contribution in [2.24, 2.45) is 5.92 Å². The summed E-state index contributed by atoms with van der Waals surface area (Å²) in [7, 11) is 0. The number of nitrogens with zero attached hydrogens (tertiary/aromatic N) is 1. The lowest BCUT2D eigenvalue weighted by atomic mass is 10.0. The van der Waals surface area contributed by atoms with Crippen molar-refractivity contribution >= 4 is 38.4 Å². The number of rotatable bonds is 2. The molecule has 4 nitrogen and oxygen atoms in total. The number of carbonyl (C=O) groups is 1. The fourth-order valence-corrected chi connectivity index (χ4v) is 2.82. The first-order chi connectivity index (χ1) is 9.65. The minimum absolute atomic E-state index is 0.0905. The van der Waals surface area contributed by atoms with Crippen molar-refractivity contribution in [3.8, 4) is 0 Å². The molecule has 1 aromatic carbocycles. The lowest BCUT2D eigenvalue weighted by Gasteiger charge is -2.15. The van der Waals surface area contributed by atoms with Gasteiger partial charge < -0.3 is 10.1 Å². The second-order valence-electron chi connectivity index (χ2n) is 5.08. The van der Waals surface area contributed by atoms with Crippen molar-refractivity contribution in [2.75, 3.05) is 11.9 Å². The Hall–Kier alpha value is -1.46. The second kappa shape index (κ2) is 5.50. The number of benzene rings is 1. The highest BCUT2D eigenvalue weighted by Crippen LogP contribution is 2.26. The molecule has 1 N–H and O–H groups in total. The van der Waals surface area contributed by atoms with Crippen LogP contribution >= 0.6 is 15.9 Å². The summed E-state index contributed by atoms with van der Waals surface area (Å²) in [5.74, 6) is 0.166. The van der Waals surface area contributed by atoms with E-state index in [4.69, 9.17) is 4.74 Å². The van der Waals surface area contributed by atoms with E-state index in [1.54, 1.807) is 6.20 Å². The summed E-state index contributed by atoms with van der Waals surface area (Å²) < 4.78 is 6.41. The van der Waals surface area contributed by atoms with Crippen molar-refractivity contribution in [3.63, 3.8) is 0 Å². The van der Waals surface area contributed by atoms with Crippen LogP contribution in [0.1, 0.15) is 13.3 Å². The molecule has 1 amide bonds. The molecular formula is C15H15BrN2O2. The Morgan fingerprint density at radius 3 is 3.10 bits per heavy atom. The summed E-state index contributed by atoms with van der Waals surface area (Å²) >= 11 is 3.40. The average Bonchev–Trinajstić information content (AvgIpc) is 2.85. The van der Waals surface area contributed by atoms with E-state index in [0.717, 1.165) is 27.5 Å². The highest BCUT2D eigenvalue weighted by molar-refractivity contribution is 9.10. The van der Waals surface area contributed by atoms with Gasteiger partial charge in [0.1, 0.15) is 6.10 Å². The fraction of sp³-hybridized carbons (Fsp3) is 0.333. The SMILES string of the molecule is CC1CCOC1C(=O)Nc1cccc2cc(Br)cnc12. The lowest BCUT2D eigenvalue weighted by Crippen LogP contribution is -2.31. The van der Waals surface area contributed by atoms with Gasteiger partial charge in [-0.3, -0.25) is 9.78 Å². The number of hydrogen-bond acceptors (Lipinski definition) is 3. The largest absolute Gasteiger partial charge is 0.368 e. The van der Waals surface area contributed by atoms with Crippen LogP contribution in [0, 0.1) is 5.92 Å². The zero-order valence-corrected chi connectivity index (χ0v) is 12.7. The number of carbonyl (C=O) groups excluding carboxylic acids is 1. The fourth-order valence-electron chi connectivity index (χ4n) is 2.47. The van der Waals surface area contributed by atoms with E-state index in [1.165, 1.54) is 0 Å². The van der Waals surface area contributed by atoms with Crippen LogP contribution in [0.3, 0.4) is 0 Å². The average molecular weight is 335 g/mol. The zero-order valence-electron chi connectivity index (χ0n) is 11.1. The van der Waals surface area contributed by atoms with Gasteiger partial charge in [0, 0.05) is 22.7 Å². The molecule has 1 saturated heterocycles. The predicted molar refractivity (Wildman–Crippen MR) is 81.6 cm³/mol. The van der Waals surface area contributed by atoms with Crippen molar-refractivity contribution < 1.29 is 9.53 Å². The maximum atomic E-state index is 12.3. The third-order valence-corrected chi connectivity index (χ3v) is 4.01. The van der Waals surface area contributed by atoms with Gasteiger partial charge in [0.2, 0.25) is 0 Å². The van der Waals surface area contributed by atoms with Crippen LogP contribution in [0.25, 0.3) is 10.9 Å². The summed E-state index contributed by atoms with van der Waals surface area (Å²) in [6, 6.07) is 7.72. The molecule has 1 aliphatic rings. The zero-order chi connectivity index (χ0) is 14.1. The van der Waals surface area contributed by atoms with Gasteiger partial charge in [-0.15, -0.1) is 0 Å². The standard InChI is InChI=1S/C15H15BrN2O2/c1-9-5-6-20-14(9)15(19)18-12-4-2-3-10-7-11(16)8-17-13(10)12/h2-4,7-9,14H,5-6H2,1H3,(H,18,19). The maximum absolute atomic E-state index is 12.3. The van der Waals surface area contributed by atoms with Crippen molar-refractivity contribution in [3.05, 3.63) is 34.9 Å². The summed E-state index contributed by atoms with van der Waals surface area (Å²) in [5, 5.41) is 3.92. The molecule has 2 atom stereocenters. The highest BCUT2D eigenvalue weighted by Gasteiger charge is 2.31. The van der Waals surface area contributed by atoms with Crippen LogP contribution in [0.2, 0.25) is 0 Å². The number of halogens is 1. The maximum Gasteiger partial charge on any atom is 0.253 e. The molecule has 1 aromatic heterocycles. The molecule has 104 valence electrons. The van der Waals surface area contributed by atoms with E-state index in [1.807, 2.05) is 31.2 Å². The molecule has 20 heavy (non-hydrogen) atoms.